The molecule has 0 atom stereocenters. The van der Waals surface area contributed by atoms with Gasteiger partial charge in [-0.2, -0.15) is 0 Å². The van der Waals surface area contributed by atoms with Crippen LogP contribution in [0.15, 0.2) is 77.8 Å². The maximum atomic E-state index is 13.1. The zero-order valence-corrected chi connectivity index (χ0v) is 22.0. The fourth-order valence-corrected chi connectivity index (χ4v) is 5.26. The molecule has 2 heterocycles. The summed E-state index contributed by atoms with van der Waals surface area (Å²) in [6, 6.07) is 19.5. The van der Waals surface area contributed by atoms with E-state index in [-0.39, 0.29) is 17.1 Å². The molecular formula is C29H24N4O5S. The number of fused-ring (bicyclic) bond motifs is 1. The van der Waals surface area contributed by atoms with Crippen molar-refractivity contribution in [2.24, 2.45) is 0 Å². The van der Waals surface area contributed by atoms with Gasteiger partial charge in [0.1, 0.15) is 6.54 Å². The molecule has 1 aliphatic heterocycles. The smallest absolute Gasteiger partial charge is 0.294 e. The Hall–Kier alpha value is -4.70. The first kappa shape index (κ1) is 25.9. The van der Waals surface area contributed by atoms with Crippen LogP contribution in [0.1, 0.15) is 22.3 Å². The minimum Gasteiger partial charge on any atom is -0.342 e. The first-order valence-electron chi connectivity index (χ1n) is 12.1. The number of nitro groups is 1. The lowest BCUT2D eigenvalue weighted by atomic mass is 10.1. The van der Waals surface area contributed by atoms with E-state index in [1.165, 1.54) is 12.1 Å². The van der Waals surface area contributed by atoms with Crippen molar-refractivity contribution in [3.8, 4) is 0 Å². The Labute approximate surface area is 228 Å². The number of non-ortho nitro benzene ring substituents is 1. The number of rotatable bonds is 7. The van der Waals surface area contributed by atoms with Crippen LogP contribution in [-0.4, -0.2) is 38.0 Å². The van der Waals surface area contributed by atoms with Gasteiger partial charge in [0.15, 0.2) is 0 Å². The predicted molar refractivity (Wildman–Crippen MR) is 151 cm³/mol. The van der Waals surface area contributed by atoms with Gasteiger partial charge in [0.05, 0.1) is 9.83 Å². The number of benzene rings is 3. The molecular weight excluding hydrogens is 516 g/mol. The van der Waals surface area contributed by atoms with Crippen molar-refractivity contribution in [2.75, 3.05) is 11.9 Å². The summed E-state index contributed by atoms with van der Waals surface area (Å²) in [7, 11) is 0. The van der Waals surface area contributed by atoms with Gasteiger partial charge in [0.25, 0.3) is 16.8 Å². The molecule has 0 spiro atoms. The third kappa shape index (κ3) is 5.46. The summed E-state index contributed by atoms with van der Waals surface area (Å²) >= 11 is 0.791. The van der Waals surface area contributed by atoms with Crippen molar-refractivity contribution >= 4 is 57.2 Å². The van der Waals surface area contributed by atoms with Crippen molar-refractivity contribution < 1.29 is 19.3 Å². The van der Waals surface area contributed by atoms with Gasteiger partial charge in [-0.1, -0.05) is 36.4 Å². The van der Waals surface area contributed by atoms with Crippen LogP contribution in [0.4, 0.5) is 16.2 Å². The summed E-state index contributed by atoms with van der Waals surface area (Å²) in [6.07, 6.45) is 3.50. The summed E-state index contributed by atoms with van der Waals surface area (Å²) in [5.41, 5.74) is 5.08. The van der Waals surface area contributed by atoms with Crippen LogP contribution in [0.2, 0.25) is 0 Å². The highest BCUT2D eigenvalue weighted by Gasteiger charge is 2.36. The van der Waals surface area contributed by atoms with E-state index in [1.807, 2.05) is 67.1 Å². The molecule has 1 aromatic heterocycles. The molecule has 0 radical (unpaired) electrons. The number of hydrogen-bond acceptors (Lipinski definition) is 6. The molecule has 0 unspecified atom stereocenters. The number of thioether (sulfide) groups is 1. The predicted octanol–water partition coefficient (Wildman–Crippen LogP) is 5.89. The molecule has 0 aliphatic carbocycles. The monoisotopic (exact) mass is 540 g/mol. The second-order valence-electron chi connectivity index (χ2n) is 9.27. The number of aromatic nitrogens is 1. The lowest BCUT2D eigenvalue weighted by molar-refractivity contribution is -0.384. The Balaban J connectivity index is 1.37. The lowest BCUT2D eigenvalue weighted by Gasteiger charge is -2.13. The van der Waals surface area contributed by atoms with E-state index in [4.69, 9.17) is 0 Å². The molecule has 3 aromatic carbocycles. The summed E-state index contributed by atoms with van der Waals surface area (Å²) in [5.74, 6) is -0.994. The van der Waals surface area contributed by atoms with Crippen LogP contribution in [0.25, 0.3) is 17.0 Å². The van der Waals surface area contributed by atoms with E-state index in [0.29, 0.717) is 12.2 Å². The Bertz CT molecular complexity index is 1690. The number of nitrogens with zero attached hydrogens (tertiary/aromatic N) is 3. The topological polar surface area (TPSA) is 115 Å². The molecule has 3 amide bonds. The van der Waals surface area contributed by atoms with Gasteiger partial charge in [-0.3, -0.25) is 29.4 Å². The van der Waals surface area contributed by atoms with Crippen molar-refractivity contribution in [1.82, 2.24) is 9.47 Å². The zero-order valence-electron chi connectivity index (χ0n) is 21.2. The lowest BCUT2D eigenvalue weighted by Crippen LogP contribution is -2.36. The van der Waals surface area contributed by atoms with Gasteiger partial charge in [-0.05, 0) is 66.6 Å². The maximum absolute atomic E-state index is 13.1. The second-order valence-corrected chi connectivity index (χ2v) is 10.3. The minimum atomic E-state index is -0.532. The first-order valence-corrected chi connectivity index (χ1v) is 12.9. The molecule has 1 N–H and O–H groups in total. The first-order chi connectivity index (χ1) is 18.7. The highest BCUT2D eigenvalue weighted by Crippen LogP contribution is 2.34. The number of para-hydroxylation sites is 1. The van der Waals surface area contributed by atoms with Crippen LogP contribution in [-0.2, 0) is 16.1 Å². The maximum Gasteiger partial charge on any atom is 0.294 e. The largest absolute Gasteiger partial charge is 0.342 e. The summed E-state index contributed by atoms with van der Waals surface area (Å²) < 4.78 is 1.95. The highest BCUT2D eigenvalue weighted by molar-refractivity contribution is 8.18. The van der Waals surface area contributed by atoms with Crippen molar-refractivity contribution in [1.29, 1.82) is 0 Å². The summed E-state index contributed by atoms with van der Waals surface area (Å²) in [6.45, 7) is 3.91. The molecule has 10 heteroatoms. The molecule has 0 saturated carbocycles. The number of amides is 3. The Morgan fingerprint density at radius 1 is 1.03 bits per heavy atom. The highest BCUT2D eigenvalue weighted by atomic mass is 32.2. The van der Waals surface area contributed by atoms with Gasteiger partial charge in [0, 0.05) is 47.0 Å². The zero-order chi connectivity index (χ0) is 27.7. The van der Waals surface area contributed by atoms with Crippen LogP contribution in [0.3, 0.4) is 0 Å². The van der Waals surface area contributed by atoms with Gasteiger partial charge in [-0.15, -0.1) is 0 Å². The van der Waals surface area contributed by atoms with E-state index in [2.05, 4.69) is 5.32 Å². The van der Waals surface area contributed by atoms with E-state index in [1.54, 1.807) is 18.2 Å². The molecule has 0 bridgehead atoms. The average Bonchev–Trinajstić information content (AvgIpc) is 3.38. The van der Waals surface area contributed by atoms with E-state index in [0.717, 1.165) is 49.8 Å². The van der Waals surface area contributed by atoms with Gasteiger partial charge >= 0.3 is 0 Å². The number of imide groups is 1. The van der Waals surface area contributed by atoms with Crippen molar-refractivity contribution in [3.05, 3.63) is 110 Å². The SMILES string of the molecule is Cc1ccc(NC(=O)CN2C(=O)S/C(=C/c3cn(Cc4cccc([N+](=O)[O-])c4)c4ccccc34)C2=O)cc1C. The Kier molecular flexibility index (Phi) is 7.03. The number of aryl methyl sites for hydroxylation is 2. The van der Waals surface area contributed by atoms with E-state index >= 15 is 0 Å². The van der Waals surface area contributed by atoms with Gasteiger partial charge in [0.2, 0.25) is 5.91 Å². The standard InChI is InChI=1S/C29H24N4O5S/c1-18-10-11-22(12-19(18)2)30-27(34)17-32-28(35)26(39-29(32)36)14-21-16-31(25-9-4-3-8-24(21)25)15-20-6-5-7-23(13-20)33(37)38/h3-14,16H,15,17H2,1-2H3,(H,30,34)/b26-14+. The molecule has 1 saturated heterocycles. The van der Waals surface area contributed by atoms with Crippen molar-refractivity contribution in [3.63, 3.8) is 0 Å². The Morgan fingerprint density at radius 2 is 1.82 bits per heavy atom. The van der Waals surface area contributed by atoms with Gasteiger partial charge < -0.3 is 9.88 Å². The van der Waals surface area contributed by atoms with Crippen LogP contribution in [0.5, 0.6) is 0 Å². The number of anilines is 1. The molecule has 39 heavy (non-hydrogen) atoms. The molecule has 196 valence electrons. The van der Waals surface area contributed by atoms with Crippen LogP contribution < -0.4 is 5.32 Å². The number of nitro benzene ring substituents is 1. The number of carbonyl (C=O) groups excluding carboxylic acids is 3. The molecule has 5 rings (SSSR count). The second kappa shape index (κ2) is 10.6. The van der Waals surface area contributed by atoms with E-state index in [9.17, 15) is 24.5 Å². The summed E-state index contributed by atoms with van der Waals surface area (Å²) in [4.78, 5) is 50.3. The average molecular weight is 541 g/mol. The molecule has 9 nitrogen and oxygen atoms in total. The summed E-state index contributed by atoms with van der Waals surface area (Å²) in [5, 5.41) is 14.3. The Morgan fingerprint density at radius 3 is 2.59 bits per heavy atom. The van der Waals surface area contributed by atoms with E-state index < -0.39 is 22.0 Å². The van der Waals surface area contributed by atoms with Crippen molar-refractivity contribution in [2.45, 2.75) is 20.4 Å². The number of hydrogen-bond donors (Lipinski definition) is 1. The quantitative estimate of drug-likeness (QED) is 0.178. The van der Waals surface area contributed by atoms with Crippen LogP contribution >= 0.6 is 11.8 Å². The molecule has 1 fully saturated rings. The fourth-order valence-electron chi connectivity index (χ4n) is 4.43. The normalized spacial score (nSPS) is 14.4. The third-order valence-corrected chi connectivity index (χ3v) is 7.45. The molecule has 4 aromatic rings. The number of nitrogens with one attached hydrogen (secondary N) is 1. The third-order valence-electron chi connectivity index (χ3n) is 6.55. The number of carbonyl (C=O) groups is 3. The van der Waals surface area contributed by atoms with Gasteiger partial charge in [-0.25, -0.2) is 0 Å². The molecule has 1 aliphatic rings. The minimum absolute atomic E-state index is 0.0133. The van der Waals surface area contributed by atoms with Crippen LogP contribution in [0, 0.1) is 24.0 Å². The fraction of sp³-hybridized carbons (Fsp3) is 0.138.